The molecule has 7 nitrogen and oxygen atoms in total. The van der Waals surface area contributed by atoms with Gasteiger partial charge in [-0.1, -0.05) is 47.2 Å². The Labute approximate surface area is 223 Å². The van der Waals surface area contributed by atoms with Crippen molar-refractivity contribution in [2.45, 2.75) is 18.4 Å². The molecule has 10 heteroatoms. The topological polar surface area (TPSA) is 92.3 Å². The minimum atomic E-state index is -3.74. The second-order valence-corrected chi connectivity index (χ2v) is 11.4. The Morgan fingerprint density at radius 3 is 2.49 bits per heavy atom. The molecule has 0 bridgehead atoms. The molecule has 5 aromatic rings. The van der Waals surface area contributed by atoms with E-state index in [2.05, 4.69) is 9.71 Å². The summed E-state index contributed by atoms with van der Waals surface area (Å²) in [5.41, 5.74) is 3.30. The normalized spacial score (nSPS) is 11.4. The van der Waals surface area contributed by atoms with Crippen LogP contribution < -0.4 is 9.62 Å². The van der Waals surface area contributed by atoms with Gasteiger partial charge < -0.3 is 0 Å². The minimum Gasteiger partial charge on any atom is -0.280 e. The van der Waals surface area contributed by atoms with Crippen LogP contribution in [-0.2, 0) is 16.6 Å². The molecule has 0 unspecified atom stereocenters. The molecule has 0 saturated carbocycles. The summed E-state index contributed by atoms with van der Waals surface area (Å²) < 4.78 is 28.7. The Morgan fingerprint density at radius 1 is 1.03 bits per heavy atom. The van der Waals surface area contributed by atoms with E-state index in [4.69, 9.17) is 16.6 Å². The van der Waals surface area contributed by atoms with Gasteiger partial charge in [-0.25, -0.2) is 13.4 Å². The molecule has 1 amide bonds. The second-order valence-electron chi connectivity index (χ2n) is 8.31. The van der Waals surface area contributed by atoms with Gasteiger partial charge in [0.05, 0.1) is 21.7 Å². The summed E-state index contributed by atoms with van der Waals surface area (Å²) in [4.78, 5) is 24.4. The highest BCUT2D eigenvalue weighted by molar-refractivity contribution is 7.92. The third-order valence-corrected chi connectivity index (χ3v) is 8.26. The fourth-order valence-electron chi connectivity index (χ4n) is 3.81. The predicted octanol–water partition coefficient (Wildman–Crippen LogP) is 6.30. The van der Waals surface area contributed by atoms with Crippen molar-refractivity contribution in [2.75, 3.05) is 9.62 Å². The van der Waals surface area contributed by atoms with Gasteiger partial charge in [0.1, 0.15) is 0 Å². The number of nitrogens with zero attached hydrogens (tertiary/aromatic N) is 3. The van der Waals surface area contributed by atoms with Crippen LogP contribution in [0.4, 0.5) is 10.8 Å². The Morgan fingerprint density at radius 2 is 1.78 bits per heavy atom. The first-order chi connectivity index (χ1) is 17.8. The number of anilines is 2. The highest BCUT2D eigenvalue weighted by atomic mass is 35.5. The number of aryl methyl sites for hydroxylation is 1. The first-order valence-electron chi connectivity index (χ1n) is 11.3. The molecule has 2 aromatic heterocycles. The number of rotatable bonds is 7. The standard InChI is InChI=1S/C27H21ClN4O3S2/c1-18-14-21(28)15-24-25(18)30-27(36-24)32(17-19-6-5-13-29-16-19)26(33)20-9-11-22(12-10-20)31-37(34,35)23-7-3-2-4-8-23/h2-16,31H,17H2,1H3. The number of amides is 1. The lowest BCUT2D eigenvalue weighted by atomic mass is 10.1. The Kier molecular flexibility index (Phi) is 6.92. The lowest BCUT2D eigenvalue weighted by Crippen LogP contribution is -2.30. The smallest absolute Gasteiger partial charge is 0.261 e. The average Bonchev–Trinajstić information content (AvgIpc) is 3.32. The number of hydrogen-bond acceptors (Lipinski definition) is 6. The van der Waals surface area contributed by atoms with Gasteiger partial charge in [0.15, 0.2) is 5.13 Å². The molecule has 0 radical (unpaired) electrons. The van der Waals surface area contributed by atoms with Crippen LogP contribution in [0.1, 0.15) is 21.5 Å². The number of carbonyl (C=O) groups excluding carboxylic acids is 1. The van der Waals surface area contributed by atoms with Gasteiger partial charge in [-0.3, -0.25) is 19.4 Å². The van der Waals surface area contributed by atoms with Crippen LogP contribution >= 0.6 is 22.9 Å². The molecule has 0 spiro atoms. The second kappa shape index (κ2) is 10.3. The predicted molar refractivity (Wildman–Crippen MR) is 148 cm³/mol. The fourth-order valence-corrected chi connectivity index (χ4v) is 6.31. The van der Waals surface area contributed by atoms with Gasteiger partial charge in [0, 0.05) is 28.7 Å². The van der Waals surface area contributed by atoms with Crippen LogP contribution in [0, 0.1) is 6.92 Å². The maximum absolute atomic E-state index is 13.7. The Balaban J connectivity index is 1.46. The lowest BCUT2D eigenvalue weighted by molar-refractivity contribution is 0.0985. The summed E-state index contributed by atoms with van der Waals surface area (Å²) in [6.07, 6.45) is 3.38. The zero-order valence-electron chi connectivity index (χ0n) is 19.6. The van der Waals surface area contributed by atoms with Crippen molar-refractivity contribution in [3.63, 3.8) is 0 Å². The van der Waals surface area contributed by atoms with Crippen molar-refractivity contribution in [3.8, 4) is 0 Å². The van der Waals surface area contributed by atoms with E-state index < -0.39 is 10.0 Å². The van der Waals surface area contributed by atoms with Gasteiger partial charge in [-0.2, -0.15) is 0 Å². The summed E-state index contributed by atoms with van der Waals surface area (Å²) in [6.45, 7) is 2.20. The van der Waals surface area contributed by atoms with E-state index in [9.17, 15) is 13.2 Å². The number of carbonyl (C=O) groups is 1. The van der Waals surface area contributed by atoms with E-state index in [0.29, 0.717) is 21.4 Å². The molecule has 1 N–H and O–H groups in total. The van der Waals surface area contributed by atoms with Gasteiger partial charge >= 0.3 is 0 Å². The van der Waals surface area contributed by atoms with Crippen LogP contribution in [0.3, 0.4) is 0 Å². The highest BCUT2D eigenvalue weighted by Crippen LogP contribution is 2.34. The van der Waals surface area contributed by atoms with E-state index >= 15 is 0 Å². The van der Waals surface area contributed by atoms with Crippen molar-refractivity contribution in [3.05, 3.63) is 113 Å². The maximum Gasteiger partial charge on any atom is 0.261 e. The van der Waals surface area contributed by atoms with Crippen LogP contribution in [-0.4, -0.2) is 24.3 Å². The molecule has 0 atom stereocenters. The first kappa shape index (κ1) is 24.9. The van der Waals surface area contributed by atoms with Crippen LogP contribution in [0.2, 0.25) is 5.02 Å². The molecule has 2 heterocycles. The monoisotopic (exact) mass is 548 g/mol. The van der Waals surface area contributed by atoms with Crippen molar-refractivity contribution >= 4 is 59.9 Å². The SMILES string of the molecule is Cc1cc(Cl)cc2sc(N(Cc3cccnc3)C(=O)c3ccc(NS(=O)(=O)c4ccccc4)cc3)nc12. The number of halogens is 1. The number of aromatic nitrogens is 2. The van der Waals surface area contributed by atoms with Crippen LogP contribution in [0.25, 0.3) is 10.2 Å². The van der Waals surface area contributed by atoms with Crippen LogP contribution in [0.5, 0.6) is 0 Å². The number of pyridine rings is 1. The number of nitrogens with one attached hydrogen (secondary N) is 1. The van der Waals surface area contributed by atoms with Crippen LogP contribution in [0.15, 0.2) is 96.2 Å². The van der Waals surface area contributed by atoms with Crippen molar-refractivity contribution in [1.29, 1.82) is 0 Å². The molecule has 186 valence electrons. The zero-order valence-corrected chi connectivity index (χ0v) is 22.0. The number of fused-ring (bicyclic) bond motifs is 1. The number of sulfonamides is 1. The molecular weight excluding hydrogens is 528 g/mol. The van der Waals surface area contributed by atoms with Gasteiger partial charge in [-0.05, 0) is 72.6 Å². The minimum absolute atomic E-state index is 0.157. The average molecular weight is 549 g/mol. The highest BCUT2D eigenvalue weighted by Gasteiger charge is 2.23. The van der Waals surface area contributed by atoms with E-state index in [0.717, 1.165) is 21.3 Å². The molecule has 37 heavy (non-hydrogen) atoms. The van der Waals surface area contributed by atoms with Crippen molar-refractivity contribution in [1.82, 2.24) is 9.97 Å². The van der Waals surface area contributed by atoms with E-state index in [1.165, 1.54) is 23.5 Å². The van der Waals surface area contributed by atoms with Crippen molar-refractivity contribution in [2.24, 2.45) is 0 Å². The van der Waals surface area contributed by atoms with Gasteiger partial charge in [0.2, 0.25) is 0 Å². The number of thiazole rings is 1. The summed E-state index contributed by atoms with van der Waals surface area (Å²) in [5.74, 6) is -0.274. The molecule has 0 aliphatic heterocycles. The van der Waals surface area contributed by atoms with E-state index in [-0.39, 0.29) is 17.3 Å². The quantitative estimate of drug-likeness (QED) is 0.257. The third kappa shape index (κ3) is 5.48. The molecule has 3 aromatic carbocycles. The van der Waals surface area contributed by atoms with Gasteiger partial charge in [-0.15, -0.1) is 0 Å². The fraction of sp³-hybridized carbons (Fsp3) is 0.0741. The number of hydrogen-bond donors (Lipinski definition) is 1. The maximum atomic E-state index is 13.7. The van der Waals surface area contributed by atoms with E-state index in [1.54, 1.807) is 59.8 Å². The molecule has 0 aliphatic rings. The Hall–Kier alpha value is -3.79. The molecule has 0 aliphatic carbocycles. The molecule has 0 fully saturated rings. The Bertz CT molecular complexity index is 1670. The van der Waals surface area contributed by atoms with E-state index in [1.807, 2.05) is 31.2 Å². The molecule has 5 rings (SSSR count). The first-order valence-corrected chi connectivity index (χ1v) is 13.9. The third-order valence-electron chi connectivity index (χ3n) is 5.62. The largest absolute Gasteiger partial charge is 0.280 e. The summed E-state index contributed by atoms with van der Waals surface area (Å²) in [6, 6.07) is 21.8. The summed E-state index contributed by atoms with van der Waals surface area (Å²) in [5, 5.41) is 1.14. The summed E-state index contributed by atoms with van der Waals surface area (Å²) >= 11 is 7.62. The van der Waals surface area contributed by atoms with Crippen molar-refractivity contribution < 1.29 is 13.2 Å². The lowest BCUT2D eigenvalue weighted by Gasteiger charge is -2.20. The van der Waals surface area contributed by atoms with Gasteiger partial charge in [0.25, 0.3) is 15.9 Å². The number of benzene rings is 3. The molecule has 0 saturated heterocycles. The summed E-state index contributed by atoms with van der Waals surface area (Å²) in [7, 11) is -3.74. The molecular formula is C27H21ClN4O3S2. The zero-order chi connectivity index (χ0) is 26.0.